The number of rotatable bonds is 4. The molecule has 10 heteroatoms. The molecule has 28 heavy (non-hydrogen) atoms. The van der Waals surface area contributed by atoms with Crippen molar-refractivity contribution < 1.29 is 17.6 Å². The highest BCUT2D eigenvalue weighted by atomic mass is 19.4. The van der Waals surface area contributed by atoms with Crippen LogP contribution in [0.4, 0.5) is 23.4 Å². The van der Waals surface area contributed by atoms with E-state index in [0.29, 0.717) is 30.2 Å². The van der Waals surface area contributed by atoms with E-state index in [2.05, 4.69) is 20.6 Å². The number of benzene rings is 1. The Bertz CT molecular complexity index is 1000. The molecule has 1 aromatic carbocycles. The third-order valence-corrected chi connectivity index (χ3v) is 5.48. The smallest absolute Gasteiger partial charge is 0.354 e. The van der Waals surface area contributed by atoms with Gasteiger partial charge in [-0.2, -0.15) is 17.7 Å². The van der Waals surface area contributed by atoms with E-state index in [-0.39, 0.29) is 11.5 Å². The van der Waals surface area contributed by atoms with E-state index in [1.165, 1.54) is 18.2 Å². The molecule has 3 heterocycles. The van der Waals surface area contributed by atoms with Crippen molar-refractivity contribution in [3.8, 4) is 0 Å². The van der Waals surface area contributed by atoms with E-state index in [1.54, 1.807) is 18.2 Å². The number of anilines is 1. The summed E-state index contributed by atoms with van der Waals surface area (Å²) >= 11 is 0. The summed E-state index contributed by atoms with van der Waals surface area (Å²) in [5.74, 6) is -0.0226. The van der Waals surface area contributed by atoms with E-state index >= 15 is 0 Å². The molecule has 0 radical (unpaired) electrons. The van der Waals surface area contributed by atoms with E-state index in [4.69, 9.17) is 0 Å². The molecule has 1 saturated carbocycles. The number of halogens is 4. The Labute approximate surface area is 157 Å². The molecule has 2 fully saturated rings. The van der Waals surface area contributed by atoms with Crippen LogP contribution < -0.4 is 10.2 Å². The number of fused-ring (bicyclic) bond motifs is 2. The van der Waals surface area contributed by atoms with Crippen LogP contribution in [0.2, 0.25) is 0 Å². The first-order chi connectivity index (χ1) is 13.4. The van der Waals surface area contributed by atoms with Crippen LogP contribution in [0.15, 0.2) is 36.4 Å². The lowest BCUT2D eigenvalue weighted by Gasteiger charge is -2.21. The van der Waals surface area contributed by atoms with Gasteiger partial charge >= 0.3 is 6.18 Å². The highest BCUT2D eigenvalue weighted by Gasteiger charge is 2.55. The lowest BCUT2D eigenvalue weighted by molar-refractivity contribution is -0.146. The predicted molar refractivity (Wildman–Crippen MR) is 92.0 cm³/mol. The average molecular weight is 392 g/mol. The molecule has 5 rings (SSSR count). The fourth-order valence-electron chi connectivity index (χ4n) is 3.98. The summed E-state index contributed by atoms with van der Waals surface area (Å²) in [6, 6.07) is 9.93. The van der Waals surface area contributed by atoms with Crippen molar-refractivity contribution in [3.63, 3.8) is 0 Å². The summed E-state index contributed by atoms with van der Waals surface area (Å²) in [5, 5.41) is 14.3. The second-order valence-electron chi connectivity index (χ2n) is 7.25. The number of piperidine rings is 1. The van der Waals surface area contributed by atoms with E-state index < -0.39 is 12.0 Å². The molecule has 2 aliphatic rings. The first-order valence-electron chi connectivity index (χ1n) is 8.92. The van der Waals surface area contributed by atoms with E-state index in [0.717, 1.165) is 23.2 Å². The molecule has 3 aromatic rings. The Balaban J connectivity index is 1.24. The van der Waals surface area contributed by atoms with Gasteiger partial charge in [-0.3, -0.25) is 0 Å². The summed E-state index contributed by atoms with van der Waals surface area (Å²) in [6.45, 7) is 2.12. The summed E-state index contributed by atoms with van der Waals surface area (Å²) in [5.41, 5.74) is 1.09. The fourth-order valence-corrected chi connectivity index (χ4v) is 3.98. The monoisotopic (exact) mass is 392 g/mol. The van der Waals surface area contributed by atoms with Crippen molar-refractivity contribution in [3.05, 3.63) is 53.6 Å². The third-order valence-electron chi connectivity index (χ3n) is 5.48. The molecule has 2 unspecified atom stereocenters. The Morgan fingerprint density at radius 3 is 2.39 bits per heavy atom. The molecule has 6 nitrogen and oxygen atoms in total. The van der Waals surface area contributed by atoms with Crippen LogP contribution in [0.25, 0.3) is 5.65 Å². The minimum atomic E-state index is -4.60. The van der Waals surface area contributed by atoms with Crippen molar-refractivity contribution in [2.45, 2.75) is 18.8 Å². The van der Waals surface area contributed by atoms with Crippen molar-refractivity contribution >= 4 is 11.5 Å². The molecule has 0 amide bonds. The van der Waals surface area contributed by atoms with Crippen molar-refractivity contribution in [1.82, 2.24) is 25.1 Å². The summed E-state index contributed by atoms with van der Waals surface area (Å²) in [7, 11) is 0. The first-order valence-corrected chi connectivity index (χ1v) is 8.92. The average Bonchev–Trinajstić information content (AvgIpc) is 3.02. The summed E-state index contributed by atoms with van der Waals surface area (Å²) in [6.07, 6.45) is -4.60. The molecule has 2 aromatic heterocycles. The highest BCUT2D eigenvalue weighted by Crippen LogP contribution is 2.46. The van der Waals surface area contributed by atoms with Gasteiger partial charge in [-0.05, 0) is 41.7 Å². The van der Waals surface area contributed by atoms with E-state index in [1.807, 2.05) is 4.90 Å². The largest absolute Gasteiger partial charge is 0.453 e. The molecular weight excluding hydrogens is 376 g/mol. The molecule has 146 valence electrons. The second-order valence-corrected chi connectivity index (χ2v) is 7.25. The topological polar surface area (TPSA) is 58.3 Å². The fraction of sp³-hybridized carbons (Fsp3) is 0.389. The van der Waals surface area contributed by atoms with E-state index in [9.17, 15) is 17.6 Å². The molecule has 1 aliphatic heterocycles. The summed E-state index contributed by atoms with van der Waals surface area (Å²) in [4.78, 5) is 1.99. The Hall–Kier alpha value is -2.75. The maximum absolute atomic E-state index is 13.0. The minimum Gasteiger partial charge on any atom is -0.354 e. The zero-order chi connectivity index (χ0) is 19.5. The van der Waals surface area contributed by atoms with Gasteiger partial charge in [0, 0.05) is 25.7 Å². The lowest BCUT2D eigenvalue weighted by atomic mass is 10.2. The van der Waals surface area contributed by atoms with Gasteiger partial charge in [0.25, 0.3) is 5.82 Å². The molecule has 0 spiro atoms. The number of nitrogens with one attached hydrogen (secondary N) is 1. The van der Waals surface area contributed by atoms with Gasteiger partial charge in [0.15, 0.2) is 5.65 Å². The van der Waals surface area contributed by atoms with Gasteiger partial charge in [-0.15, -0.1) is 15.3 Å². The number of nitrogens with zero attached hydrogens (tertiary/aromatic N) is 5. The van der Waals surface area contributed by atoms with Gasteiger partial charge in [0.2, 0.25) is 0 Å². The number of aromatic nitrogens is 4. The first kappa shape index (κ1) is 17.4. The van der Waals surface area contributed by atoms with Crippen LogP contribution in [-0.2, 0) is 12.7 Å². The van der Waals surface area contributed by atoms with Gasteiger partial charge in [0.1, 0.15) is 11.6 Å². The van der Waals surface area contributed by atoms with Crippen LogP contribution in [0, 0.1) is 17.7 Å². The zero-order valence-electron chi connectivity index (χ0n) is 14.6. The van der Waals surface area contributed by atoms with Gasteiger partial charge < -0.3 is 10.2 Å². The normalized spacial score (nSPS) is 24.0. The Morgan fingerprint density at radius 2 is 1.71 bits per heavy atom. The molecule has 1 saturated heterocycles. The van der Waals surface area contributed by atoms with Gasteiger partial charge in [-0.1, -0.05) is 12.1 Å². The second kappa shape index (κ2) is 6.13. The molecule has 1 aliphatic carbocycles. The number of hydrogen-bond donors (Lipinski definition) is 1. The van der Waals surface area contributed by atoms with Crippen molar-refractivity contribution in [2.24, 2.45) is 11.8 Å². The minimum absolute atomic E-state index is 0.0688. The predicted octanol–water partition coefficient (Wildman–Crippen LogP) is 2.51. The van der Waals surface area contributed by atoms with Crippen LogP contribution in [0.5, 0.6) is 0 Å². The molecule has 2 atom stereocenters. The van der Waals surface area contributed by atoms with Crippen LogP contribution in [-0.4, -0.2) is 38.9 Å². The van der Waals surface area contributed by atoms with Crippen molar-refractivity contribution in [1.29, 1.82) is 0 Å². The van der Waals surface area contributed by atoms with Gasteiger partial charge in [-0.25, -0.2) is 4.39 Å². The molecule has 0 bridgehead atoms. The lowest BCUT2D eigenvalue weighted by Crippen LogP contribution is -2.32. The quantitative estimate of drug-likeness (QED) is 0.692. The maximum atomic E-state index is 13.0. The third kappa shape index (κ3) is 2.97. The maximum Gasteiger partial charge on any atom is 0.453 e. The zero-order valence-corrected chi connectivity index (χ0v) is 14.6. The number of hydrogen-bond acceptors (Lipinski definition) is 5. The summed E-state index contributed by atoms with van der Waals surface area (Å²) < 4.78 is 52.8. The van der Waals surface area contributed by atoms with Crippen LogP contribution in [0.3, 0.4) is 0 Å². The SMILES string of the molecule is Fc1ccc(CNC2C3CN(c4ccc5nnc(C(F)(F)F)n5n4)CC32)cc1. The van der Waals surface area contributed by atoms with Gasteiger partial charge in [0.05, 0.1) is 0 Å². The molecule has 1 N–H and O–H groups in total. The molecular formula is C18H16F4N6. The Kier molecular flexibility index (Phi) is 3.80. The number of alkyl halides is 3. The van der Waals surface area contributed by atoms with Crippen LogP contribution in [0.1, 0.15) is 11.4 Å². The highest BCUT2D eigenvalue weighted by molar-refractivity contribution is 5.48. The standard InChI is InChI=1S/C18H16F4N6/c19-11-3-1-10(2-4-11)7-23-16-12-8-27(9-13(12)16)15-6-5-14-24-25-17(18(20,21)22)28(14)26-15/h1-6,12-13,16,23H,7-9H2. The van der Waals surface area contributed by atoms with Crippen molar-refractivity contribution in [2.75, 3.05) is 18.0 Å². The Morgan fingerprint density at radius 1 is 1.00 bits per heavy atom. The van der Waals surface area contributed by atoms with Crippen LogP contribution >= 0.6 is 0 Å².